The summed E-state index contributed by atoms with van der Waals surface area (Å²) < 4.78 is 0. The van der Waals surface area contributed by atoms with Crippen molar-refractivity contribution in [1.82, 2.24) is 15.0 Å². The number of hydrogen-bond donors (Lipinski definition) is 1. The second-order valence-electron chi connectivity index (χ2n) is 5.26. The van der Waals surface area contributed by atoms with E-state index in [0.29, 0.717) is 11.9 Å². The molecule has 2 rings (SSSR count). The van der Waals surface area contributed by atoms with E-state index in [2.05, 4.69) is 21.9 Å². The van der Waals surface area contributed by atoms with Gasteiger partial charge < -0.3 is 5.73 Å². The van der Waals surface area contributed by atoms with Crippen LogP contribution in [0, 0.1) is 0 Å². The second kappa shape index (κ2) is 6.66. The zero-order valence-corrected chi connectivity index (χ0v) is 11.4. The maximum Gasteiger partial charge on any atom is 0.223 e. The molecule has 1 aliphatic carbocycles. The summed E-state index contributed by atoms with van der Waals surface area (Å²) in [5.41, 5.74) is 5.81. The molecule has 1 fully saturated rings. The molecule has 18 heavy (non-hydrogen) atoms. The lowest BCUT2D eigenvalue weighted by molar-refractivity contribution is 0.552. The third-order valence-corrected chi connectivity index (χ3v) is 3.69. The lowest BCUT2D eigenvalue weighted by Gasteiger charge is -2.13. The van der Waals surface area contributed by atoms with Gasteiger partial charge in [0.05, 0.1) is 0 Å². The summed E-state index contributed by atoms with van der Waals surface area (Å²) in [5, 5.41) is 0. The highest BCUT2D eigenvalue weighted by molar-refractivity contribution is 5.17. The lowest BCUT2D eigenvalue weighted by Crippen LogP contribution is -2.11. The molecular weight excluding hydrogens is 224 g/mol. The molecule has 0 atom stereocenters. The molecule has 0 unspecified atom stereocenters. The molecule has 1 heterocycles. The summed E-state index contributed by atoms with van der Waals surface area (Å²) in [6.07, 6.45) is 10.9. The maximum absolute atomic E-state index is 5.81. The van der Waals surface area contributed by atoms with E-state index in [4.69, 9.17) is 5.73 Å². The molecule has 100 valence electrons. The van der Waals surface area contributed by atoms with Crippen LogP contribution in [0.4, 0.5) is 5.95 Å². The Labute approximate surface area is 109 Å². The molecule has 4 heteroatoms. The number of hydrogen-bond acceptors (Lipinski definition) is 4. The monoisotopic (exact) mass is 248 g/mol. The average molecular weight is 248 g/mol. The largest absolute Gasteiger partial charge is 0.368 e. The fraction of sp³-hybridized carbons (Fsp3) is 0.786. The van der Waals surface area contributed by atoms with Crippen molar-refractivity contribution in [1.29, 1.82) is 0 Å². The summed E-state index contributed by atoms with van der Waals surface area (Å²) in [5.74, 6) is 2.72. The Morgan fingerprint density at radius 1 is 1.06 bits per heavy atom. The number of nitrogen functional groups attached to an aromatic ring is 1. The van der Waals surface area contributed by atoms with E-state index >= 15 is 0 Å². The Bertz CT molecular complexity index is 370. The van der Waals surface area contributed by atoms with Gasteiger partial charge in [0.1, 0.15) is 11.6 Å². The fourth-order valence-corrected chi connectivity index (χ4v) is 2.62. The molecule has 0 spiro atoms. The van der Waals surface area contributed by atoms with Gasteiger partial charge in [0.15, 0.2) is 0 Å². The average Bonchev–Trinajstić information content (AvgIpc) is 2.64. The Morgan fingerprint density at radius 3 is 2.44 bits per heavy atom. The van der Waals surface area contributed by atoms with Crippen LogP contribution in [-0.4, -0.2) is 15.0 Å². The number of rotatable bonds is 4. The molecule has 0 amide bonds. The van der Waals surface area contributed by atoms with E-state index < -0.39 is 0 Å². The molecule has 0 aliphatic heterocycles. The van der Waals surface area contributed by atoms with E-state index in [1.807, 2.05) is 0 Å². The van der Waals surface area contributed by atoms with Gasteiger partial charge in [0.2, 0.25) is 5.95 Å². The van der Waals surface area contributed by atoms with E-state index in [-0.39, 0.29) is 0 Å². The highest BCUT2D eigenvalue weighted by Gasteiger charge is 2.18. The third kappa shape index (κ3) is 3.65. The molecule has 4 nitrogen and oxygen atoms in total. The first kappa shape index (κ1) is 13.2. The first-order valence-corrected chi connectivity index (χ1v) is 7.30. The number of nitrogens with two attached hydrogens (primary N) is 1. The lowest BCUT2D eigenvalue weighted by atomic mass is 9.99. The Balaban J connectivity index is 2.12. The van der Waals surface area contributed by atoms with Crippen LogP contribution >= 0.6 is 0 Å². The Morgan fingerprint density at radius 2 is 1.78 bits per heavy atom. The normalized spacial score (nSPS) is 17.6. The van der Waals surface area contributed by atoms with E-state index in [1.165, 1.54) is 38.5 Å². The highest BCUT2D eigenvalue weighted by Crippen LogP contribution is 2.29. The Hall–Kier alpha value is -1.19. The van der Waals surface area contributed by atoms with Crippen LogP contribution in [0.25, 0.3) is 0 Å². The topological polar surface area (TPSA) is 64.7 Å². The maximum atomic E-state index is 5.81. The van der Waals surface area contributed by atoms with Crippen molar-refractivity contribution in [3.63, 3.8) is 0 Å². The quantitative estimate of drug-likeness (QED) is 0.831. The molecule has 2 N–H and O–H groups in total. The molecule has 0 bridgehead atoms. The van der Waals surface area contributed by atoms with Crippen LogP contribution in [0.15, 0.2) is 0 Å². The second-order valence-corrected chi connectivity index (χ2v) is 5.26. The van der Waals surface area contributed by atoms with Crippen LogP contribution < -0.4 is 5.73 Å². The molecular formula is C14H24N4. The highest BCUT2D eigenvalue weighted by atomic mass is 15.1. The fourth-order valence-electron chi connectivity index (χ4n) is 2.62. The number of unbranched alkanes of at least 4 members (excludes halogenated alkanes) is 1. The summed E-state index contributed by atoms with van der Waals surface area (Å²) in [7, 11) is 0. The number of anilines is 1. The van der Waals surface area contributed by atoms with Crippen LogP contribution in [0.5, 0.6) is 0 Å². The molecule has 1 aromatic heterocycles. The predicted octanol–water partition coefficient (Wildman–Crippen LogP) is 3.23. The number of aromatic nitrogens is 3. The summed E-state index contributed by atoms with van der Waals surface area (Å²) in [6.45, 7) is 2.18. The van der Waals surface area contributed by atoms with Gasteiger partial charge in [0, 0.05) is 12.3 Å². The number of nitrogens with zero attached hydrogens (tertiary/aromatic N) is 3. The van der Waals surface area contributed by atoms with Crippen molar-refractivity contribution in [2.45, 2.75) is 70.6 Å². The van der Waals surface area contributed by atoms with Crippen molar-refractivity contribution in [3.05, 3.63) is 11.6 Å². The molecule has 1 aliphatic rings. The van der Waals surface area contributed by atoms with Gasteiger partial charge in [-0.1, -0.05) is 39.0 Å². The molecule has 0 aromatic carbocycles. The van der Waals surface area contributed by atoms with E-state index in [0.717, 1.165) is 30.9 Å². The first-order chi connectivity index (χ1) is 8.79. The minimum Gasteiger partial charge on any atom is -0.368 e. The van der Waals surface area contributed by atoms with Crippen molar-refractivity contribution < 1.29 is 0 Å². The van der Waals surface area contributed by atoms with Crippen LogP contribution in [0.1, 0.15) is 75.9 Å². The predicted molar refractivity (Wildman–Crippen MR) is 73.3 cm³/mol. The van der Waals surface area contributed by atoms with Crippen molar-refractivity contribution in [2.75, 3.05) is 5.73 Å². The van der Waals surface area contributed by atoms with Crippen molar-refractivity contribution >= 4 is 5.95 Å². The first-order valence-electron chi connectivity index (χ1n) is 7.30. The summed E-state index contributed by atoms with van der Waals surface area (Å²) in [6, 6.07) is 0. The molecule has 0 saturated heterocycles. The minimum atomic E-state index is 0.398. The molecule has 0 radical (unpaired) electrons. The van der Waals surface area contributed by atoms with Crippen LogP contribution in [-0.2, 0) is 6.42 Å². The van der Waals surface area contributed by atoms with E-state index in [9.17, 15) is 0 Å². The SMILES string of the molecule is CCCCc1nc(N)nc(C2CCCCCC2)n1. The smallest absolute Gasteiger partial charge is 0.223 e. The summed E-state index contributed by atoms with van der Waals surface area (Å²) >= 11 is 0. The molecule has 1 saturated carbocycles. The van der Waals surface area contributed by atoms with Crippen molar-refractivity contribution in [2.24, 2.45) is 0 Å². The van der Waals surface area contributed by atoms with E-state index in [1.54, 1.807) is 0 Å². The third-order valence-electron chi connectivity index (χ3n) is 3.69. The summed E-state index contributed by atoms with van der Waals surface area (Å²) in [4.78, 5) is 13.2. The zero-order valence-electron chi connectivity index (χ0n) is 11.4. The zero-order chi connectivity index (χ0) is 12.8. The van der Waals surface area contributed by atoms with Gasteiger partial charge in [0.25, 0.3) is 0 Å². The van der Waals surface area contributed by atoms with Gasteiger partial charge in [-0.15, -0.1) is 0 Å². The van der Waals surface area contributed by atoms with Crippen LogP contribution in [0.2, 0.25) is 0 Å². The van der Waals surface area contributed by atoms with Gasteiger partial charge in [-0.2, -0.15) is 9.97 Å². The number of aryl methyl sites for hydroxylation is 1. The van der Waals surface area contributed by atoms with Gasteiger partial charge in [-0.05, 0) is 19.3 Å². The van der Waals surface area contributed by atoms with Gasteiger partial charge in [-0.3, -0.25) is 0 Å². The van der Waals surface area contributed by atoms with Crippen LogP contribution in [0.3, 0.4) is 0 Å². The van der Waals surface area contributed by atoms with Crippen molar-refractivity contribution in [3.8, 4) is 0 Å². The Kier molecular flexibility index (Phi) is 4.90. The van der Waals surface area contributed by atoms with Gasteiger partial charge >= 0.3 is 0 Å². The molecule has 1 aromatic rings. The standard InChI is InChI=1S/C14H24N4/c1-2-3-10-12-16-13(18-14(15)17-12)11-8-6-4-5-7-9-11/h11H,2-10H2,1H3,(H2,15,16,17,18). The van der Waals surface area contributed by atoms with Gasteiger partial charge in [-0.25, -0.2) is 4.98 Å². The minimum absolute atomic E-state index is 0.398.